The SMILES string of the molecule is CC(CC(=O)Nc1ccccc1-c1ccccc1)=NNC(=O)OC(C)(C)C. The zero-order chi connectivity index (χ0) is 19.9. The minimum Gasteiger partial charge on any atom is -0.443 e. The molecule has 0 unspecified atom stereocenters. The molecule has 0 bridgehead atoms. The minimum atomic E-state index is -0.656. The number of ether oxygens (including phenoxy) is 1. The predicted molar refractivity (Wildman–Crippen MR) is 108 cm³/mol. The number of nitrogens with zero attached hydrogens (tertiary/aromatic N) is 1. The Morgan fingerprint density at radius 2 is 1.63 bits per heavy atom. The summed E-state index contributed by atoms with van der Waals surface area (Å²) in [6.45, 7) is 6.96. The molecular formula is C21H25N3O3. The molecular weight excluding hydrogens is 342 g/mol. The van der Waals surface area contributed by atoms with E-state index in [1.165, 1.54) is 0 Å². The summed E-state index contributed by atoms with van der Waals surface area (Å²) in [7, 11) is 0. The van der Waals surface area contributed by atoms with Crippen LogP contribution in [0, 0.1) is 0 Å². The summed E-state index contributed by atoms with van der Waals surface area (Å²) in [6.07, 6.45) is -0.601. The van der Waals surface area contributed by atoms with E-state index in [4.69, 9.17) is 4.74 Å². The zero-order valence-electron chi connectivity index (χ0n) is 16.1. The van der Waals surface area contributed by atoms with Crippen molar-refractivity contribution in [1.29, 1.82) is 0 Å². The van der Waals surface area contributed by atoms with Gasteiger partial charge in [0.05, 0.1) is 6.42 Å². The molecule has 0 saturated carbocycles. The highest BCUT2D eigenvalue weighted by Gasteiger charge is 2.16. The average molecular weight is 367 g/mol. The molecule has 0 aliphatic rings. The first-order valence-electron chi connectivity index (χ1n) is 8.71. The number of hydrogen-bond acceptors (Lipinski definition) is 4. The fourth-order valence-electron chi connectivity index (χ4n) is 2.37. The van der Waals surface area contributed by atoms with Gasteiger partial charge in [0.25, 0.3) is 0 Å². The highest BCUT2D eigenvalue weighted by atomic mass is 16.6. The quantitative estimate of drug-likeness (QED) is 0.599. The van der Waals surface area contributed by atoms with Gasteiger partial charge in [0.1, 0.15) is 5.60 Å². The van der Waals surface area contributed by atoms with Crippen molar-refractivity contribution in [1.82, 2.24) is 5.43 Å². The number of amides is 2. The smallest absolute Gasteiger partial charge is 0.428 e. The fourth-order valence-corrected chi connectivity index (χ4v) is 2.37. The lowest BCUT2D eigenvalue weighted by molar-refractivity contribution is -0.115. The lowest BCUT2D eigenvalue weighted by Gasteiger charge is -2.18. The Morgan fingerprint density at radius 3 is 2.30 bits per heavy atom. The third-order valence-corrected chi connectivity index (χ3v) is 3.44. The number of para-hydroxylation sites is 1. The maximum Gasteiger partial charge on any atom is 0.428 e. The number of benzene rings is 2. The standard InChI is InChI=1S/C21H25N3O3/c1-15(23-24-20(26)27-21(2,3)4)14-19(25)22-18-13-9-8-12-17(18)16-10-6-5-7-11-16/h5-13H,14H2,1-4H3,(H,22,25)(H,24,26). The maximum absolute atomic E-state index is 12.3. The molecule has 0 spiro atoms. The van der Waals surface area contributed by atoms with Gasteiger partial charge in [-0.25, -0.2) is 10.2 Å². The molecule has 0 aliphatic carbocycles. The molecule has 0 fully saturated rings. The molecule has 27 heavy (non-hydrogen) atoms. The van der Waals surface area contributed by atoms with Crippen LogP contribution < -0.4 is 10.7 Å². The molecule has 2 N–H and O–H groups in total. The largest absolute Gasteiger partial charge is 0.443 e. The Labute approximate surface area is 159 Å². The predicted octanol–water partition coefficient (Wildman–Crippen LogP) is 4.58. The van der Waals surface area contributed by atoms with Crippen LogP contribution >= 0.6 is 0 Å². The molecule has 6 heteroatoms. The van der Waals surface area contributed by atoms with Crippen LogP contribution in [-0.4, -0.2) is 23.3 Å². The third-order valence-electron chi connectivity index (χ3n) is 3.44. The van der Waals surface area contributed by atoms with Crippen molar-refractivity contribution in [3.05, 3.63) is 54.6 Å². The Bertz CT molecular complexity index is 824. The summed E-state index contributed by atoms with van der Waals surface area (Å²) in [6, 6.07) is 17.4. The zero-order valence-corrected chi connectivity index (χ0v) is 16.1. The van der Waals surface area contributed by atoms with Gasteiger partial charge in [0.2, 0.25) is 5.91 Å². The Morgan fingerprint density at radius 1 is 1.00 bits per heavy atom. The first-order valence-corrected chi connectivity index (χ1v) is 8.71. The van der Waals surface area contributed by atoms with E-state index in [2.05, 4.69) is 15.8 Å². The number of anilines is 1. The second-order valence-corrected chi connectivity index (χ2v) is 7.10. The molecule has 142 valence electrons. The van der Waals surface area contributed by atoms with E-state index >= 15 is 0 Å². The molecule has 0 heterocycles. The third kappa shape index (κ3) is 6.93. The van der Waals surface area contributed by atoms with Gasteiger partial charge in [0.15, 0.2) is 0 Å². The van der Waals surface area contributed by atoms with Crippen LogP contribution in [0.5, 0.6) is 0 Å². The fraction of sp³-hybridized carbons (Fsp3) is 0.286. The topological polar surface area (TPSA) is 79.8 Å². The van der Waals surface area contributed by atoms with Gasteiger partial charge in [-0.2, -0.15) is 5.10 Å². The van der Waals surface area contributed by atoms with Crippen molar-refractivity contribution in [2.75, 3.05) is 5.32 Å². The number of nitrogens with one attached hydrogen (secondary N) is 2. The Balaban J connectivity index is 1.98. The molecule has 0 atom stereocenters. The van der Waals surface area contributed by atoms with Crippen molar-refractivity contribution in [2.24, 2.45) is 5.10 Å². The second kappa shape index (κ2) is 8.98. The van der Waals surface area contributed by atoms with Crippen molar-refractivity contribution in [3.8, 4) is 11.1 Å². The van der Waals surface area contributed by atoms with Crippen molar-refractivity contribution < 1.29 is 14.3 Å². The number of carbonyl (C=O) groups excluding carboxylic acids is 2. The highest BCUT2D eigenvalue weighted by Crippen LogP contribution is 2.27. The van der Waals surface area contributed by atoms with Crippen molar-refractivity contribution >= 4 is 23.4 Å². The van der Waals surface area contributed by atoms with Gasteiger partial charge >= 0.3 is 6.09 Å². The number of hydrazone groups is 1. The van der Waals surface area contributed by atoms with Gasteiger partial charge in [-0.3, -0.25) is 4.79 Å². The number of rotatable bonds is 5. The molecule has 0 aromatic heterocycles. The maximum atomic E-state index is 12.3. The summed E-state index contributed by atoms with van der Waals surface area (Å²) in [5.41, 5.74) is 4.84. The van der Waals surface area contributed by atoms with Gasteiger partial charge < -0.3 is 10.1 Å². The second-order valence-electron chi connectivity index (χ2n) is 7.10. The molecule has 0 saturated heterocycles. The lowest BCUT2D eigenvalue weighted by Crippen LogP contribution is -2.30. The Kier molecular flexibility index (Phi) is 6.71. The lowest BCUT2D eigenvalue weighted by atomic mass is 10.0. The molecule has 6 nitrogen and oxygen atoms in total. The van der Waals surface area contributed by atoms with E-state index in [0.717, 1.165) is 16.8 Å². The summed E-state index contributed by atoms with van der Waals surface area (Å²) >= 11 is 0. The van der Waals surface area contributed by atoms with Crippen molar-refractivity contribution in [3.63, 3.8) is 0 Å². The van der Waals surface area contributed by atoms with Crippen LogP contribution in [0.3, 0.4) is 0 Å². The van der Waals surface area contributed by atoms with E-state index in [0.29, 0.717) is 5.71 Å². The van der Waals surface area contributed by atoms with E-state index in [-0.39, 0.29) is 12.3 Å². The van der Waals surface area contributed by atoms with Gasteiger partial charge in [-0.1, -0.05) is 48.5 Å². The van der Waals surface area contributed by atoms with Crippen LogP contribution in [0.15, 0.2) is 59.7 Å². The summed E-state index contributed by atoms with van der Waals surface area (Å²) in [5.74, 6) is -0.217. The highest BCUT2D eigenvalue weighted by molar-refractivity contribution is 6.07. The van der Waals surface area contributed by atoms with E-state index in [1.807, 2.05) is 54.6 Å². The van der Waals surface area contributed by atoms with Crippen LogP contribution in [0.4, 0.5) is 10.5 Å². The van der Waals surface area contributed by atoms with Crippen LogP contribution in [0.25, 0.3) is 11.1 Å². The first-order chi connectivity index (χ1) is 12.7. The molecule has 0 radical (unpaired) electrons. The summed E-state index contributed by atoms with van der Waals surface area (Å²) in [5, 5.41) is 6.80. The Hall–Kier alpha value is -3.15. The van der Waals surface area contributed by atoms with Crippen LogP contribution in [-0.2, 0) is 9.53 Å². The minimum absolute atomic E-state index is 0.0545. The molecule has 2 aromatic carbocycles. The molecule has 2 amide bonds. The van der Waals surface area contributed by atoms with Gasteiger partial charge in [-0.15, -0.1) is 0 Å². The molecule has 0 aliphatic heterocycles. The molecule has 2 aromatic rings. The number of carbonyl (C=O) groups is 2. The van der Waals surface area contributed by atoms with E-state index < -0.39 is 11.7 Å². The van der Waals surface area contributed by atoms with Crippen LogP contribution in [0.1, 0.15) is 34.1 Å². The normalized spacial score (nSPS) is 11.6. The van der Waals surface area contributed by atoms with Gasteiger partial charge in [0, 0.05) is 17.0 Å². The monoisotopic (exact) mass is 367 g/mol. The van der Waals surface area contributed by atoms with Crippen molar-refractivity contribution in [2.45, 2.75) is 39.7 Å². The summed E-state index contributed by atoms with van der Waals surface area (Å²) < 4.78 is 5.10. The first kappa shape index (κ1) is 20.2. The summed E-state index contributed by atoms with van der Waals surface area (Å²) in [4.78, 5) is 23.9. The van der Waals surface area contributed by atoms with E-state index in [1.54, 1.807) is 27.7 Å². The average Bonchev–Trinajstić information content (AvgIpc) is 2.60. The van der Waals surface area contributed by atoms with Crippen LogP contribution in [0.2, 0.25) is 0 Å². The van der Waals surface area contributed by atoms with E-state index in [9.17, 15) is 9.59 Å². The number of hydrogen-bond donors (Lipinski definition) is 2. The van der Waals surface area contributed by atoms with Gasteiger partial charge in [-0.05, 0) is 39.3 Å². The molecule has 2 rings (SSSR count).